The highest BCUT2D eigenvalue weighted by molar-refractivity contribution is 5.82. The number of amides is 1. The third-order valence-electron chi connectivity index (χ3n) is 5.43. The average molecular weight is 327 g/mol. The molecule has 0 radical (unpaired) electrons. The third-order valence-corrected chi connectivity index (χ3v) is 5.43. The van der Waals surface area contributed by atoms with Crippen molar-refractivity contribution >= 4 is 16.9 Å². The van der Waals surface area contributed by atoms with Gasteiger partial charge in [0.2, 0.25) is 5.91 Å². The molecule has 0 unspecified atom stereocenters. The number of aromatic amines is 1. The zero-order chi connectivity index (χ0) is 16.7. The summed E-state index contributed by atoms with van der Waals surface area (Å²) < 4.78 is 0. The Morgan fingerprint density at radius 3 is 2.62 bits per heavy atom. The molecular formula is C18H25N5O. The Hall–Kier alpha value is -1.92. The number of nitrogens with one attached hydrogen (secondary N) is 1. The molecule has 6 nitrogen and oxygen atoms in total. The standard InChI is InChI=1S/C18H25N5O/c1-13(22-9-7-21(2)8-10-22)18(24)23-11-14(12-23)17-19-15-5-3-4-6-16(15)20-17/h3-6,13-14H,7-12H2,1-2H3,(H,19,20)/t13-/m1/s1. The van der Waals surface area contributed by atoms with Crippen molar-refractivity contribution in [1.82, 2.24) is 24.7 Å². The van der Waals surface area contributed by atoms with Crippen molar-refractivity contribution < 1.29 is 4.79 Å². The van der Waals surface area contributed by atoms with E-state index in [0.717, 1.165) is 56.1 Å². The highest BCUT2D eigenvalue weighted by Crippen LogP contribution is 2.27. The Morgan fingerprint density at radius 2 is 1.92 bits per heavy atom. The van der Waals surface area contributed by atoms with Crippen LogP contribution in [0.4, 0.5) is 0 Å². The number of imidazole rings is 1. The number of fused-ring (bicyclic) bond motifs is 1. The molecule has 0 spiro atoms. The maximum atomic E-state index is 12.7. The lowest BCUT2D eigenvalue weighted by Crippen LogP contribution is -2.58. The van der Waals surface area contributed by atoms with Crippen molar-refractivity contribution in [3.8, 4) is 0 Å². The molecule has 1 atom stereocenters. The van der Waals surface area contributed by atoms with E-state index >= 15 is 0 Å². The van der Waals surface area contributed by atoms with E-state index in [1.165, 1.54) is 0 Å². The molecule has 0 bridgehead atoms. The van der Waals surface area contributed by atoms with E-state index in [9.17, 15) is 4.79 Å². The minimum atomic E-state index is -0.0182. The van der Waals surface area contributed by atoms with Crippen LogP contribution >= 0.6 is 0 Å². The van der Waals surface area contributed by atoms with Gasteiger partial charge in [-0.25, -0.2) is 4.98 Å². The molecular weight excluding hydrogens is 302 g/mol. The monoisotopic (exact) mass is 327 g/mol. The Labute approximate surface area is 142 Å². The fraction of sp³-hybridized carbons (Fsp3) is 0.556. The first-order valence-corrected chi connectivity index (χ1v) is 8.78. The second kappa shape index (κ2) is 6.18. The summed E-state index contributed by atoms with van der Waals surface area (Å²) in [5.74, 6) is 1.60. The van der Waals surface area contributed by atoms with Crippen molar-refractivity contribution in [3.05, 3.63) is 30.1 Å². The van der Waals surface area contributed by atoms with Crippen molar-refractivity contribution in [1.29, 1.82) is 0 Å². The molecule has 2 fully saturated rings. The number of likely N-dealkylation sites (N-methyl/N-ethyl adjacent to an activating group) is 1. The SMILES string of the molecule is C[C@H](C(=O)N1CC(c2nc3ccccc3[nH]2)C1)N1CCN(C)CC1. The molecule has 2 aliphatic heterocycles. The van der Waals surface area contributed by atoms with Crippen LogP contribution in [-0.2, 0) is 4.79 Å². The molecule has 128 valence electrons. The molecule has 0 aliphatic carbocycles. The zero-order valence-electron chi connectivity index (χ0n) is 14.4. The summed E-state index contributed by atoms with van der Waals surface area (Å²) in [5.41, 5.74) is 2.08. The number of para-hydroxylation sites is 2. The topological polar surface area (TPSA) is 55.5 Å². The van der Waals surface area contributed by atoms with Crippen molar-refractivity contribution in [2.75, 3.05) is 46.3 Å². The largest absolute Gasteiger partial charge is 0.342 e. The van der Waals surface area contributed by atoms with Crippen LogP contribution < -0.4 is 0 Å². The predicted octanol–water partition coefficient (Wildman–Crippen LogP) is 1.12. The van der Waals surface area contributed by atoms with Crippen LogP contribution in [0, 0.1) is 0 Å². The van der Waals surface area contributed by atoms with Gasteiger partial charge in [0.15, 0.2) is 0 Å². The first-order chi connectivity index (χ1) is 11.6. The lowest BCUT2D eigenvalue weighted by Gasteiger charge is -2.43. The van der Waals surface area contributed by atoms with E-state index in [-0.39, 0.29) is 11.9 Å². The van der Waals surface area contributed by atoms with E-state index in [2.05, 4.69) is 26.8 Å². The summed E-state index contributed by atoms with van der Waals surface area (Å²) in [6.45, 7) is 7.63. The maximum Gasteiger partial charge on any atom is 0.239 e. The van der Waals surface area contributed by atoms with Crippen LogP contribution in [0.25, 0.3) is 11.0 Å². The minimum absolute atomic E-state index is 0.0182. The Morgan fingerprint density at radius 1 is 1.21 bits per heavy atom. The van der Waals surface area contributed by atoms with Crippen molar-refractivity contribution in [2.24, 2.45) is 0 Å². The number of piperazine rings is 1. The van der Waals surface area contributed by atoms with Crippen molar-refractivity contribution in [3.63, 3.8) is 0 Å². The average Bonchev–Trinajstić information content (AvgIpc) is 2.96. The van der Waals surface area contributed by atoms with E-state index in [1.54, 1.807) is 0 Å². The zero-order valence-corrected chi connectivity index (χ0v) is 14.4. The Kier molecular flexibility index (Phi) is 4.02. The van der Waals surface area contributed by atoms with Gasteiger partial charge < -0.3 is 14.8 Å². The molecule has 4 rings (SSSR count). The molecule has 2 aromatic rings. The lowest BCUT2D eigenvalue weighted by atomic mass is 9.98. The third kappa shape index (κ3) is 2.80. The highest BCUT2D eigenvalue weighted by Gasteiger charge is 2.37. The molecule has 6 heteroatoms. The van der Waals surface area contributed by atoms with Crippen LogP contribution in [0.15, 0.2) is 24.3 Å². The number of likely N-dealkylation sites (tertiary alicyclic amines) is 1. The van der Waals surface area contributed by atoms with E-state index in [4.69, 9.17) is 0 Å². The van der Waals surface area contributed by atoms with Gasteiger partial charge in [-0.1, -0.05) is 12.1 Å². The van der Waals surface area contributed by atoms with Gasteiger partial charge in [-0.2, -0.15) is 0 Å². The number of hydrogen-bond donors (Lipinski definition) is 1. The first kappa shape index (κ1) is 15.6. The molecule has 3 heterocycles. The summed E-state index contributed by atoms with van der Waals surface area (Å²) >= 11 is 0. The fourth-order valence-corrected chi connectivity index (χ4v) is 3.63. The van der Waals surface area contributed by atoms with Gasteiger partial charge in [-0.05, 0) is 26.1 Å². The van der Waals surface area contributed by atoms with Crippen LogP contribution in [0.1, 0.15) is 18.7 Å². The summed E-state index contributed by atoms with van der Waals surface area (Å²) in [5, 5.41) is 0. The number of nitrogens with zero attached hydrogens (tertiary/aromatic N) is 4. The first-order valence-electron chi connectivity index (χ1n) is 8.78. The number of carbonyl (C=O) groups is 1. The molecule has 1 aromatic heterocycles. The number of benzene rings is 1. The van der Waals surface area contributed by atoms with Crippen LogP contribution in [-0.4, -0.2) is 82.9 Å². The molecule has 0 saturated carbocycles. The molecule has 1 N–H and O–H groups in total. The quantitative estimate of drug-likeness (QED) is 0.918. The summed E-state index contributed by atoms with van der Waals surface area (Å²) in [6.07, 6.45) is 0. The highest BCUT2D eigenvalue weighted by atomic mass is 16.2. The van der Waals surface area contributed by atoms with Gasteiger partial charge in [0.1, 0.15) is 5.82 Å². The van der Waals surface area contributed by atoms with Crippen LogP contribution in [0.2, 0.25) is 0 Å². The number of rotatable bonds is 3. The number of H-pyrrole nitrogens is 1. The normalized spacial score (nSPS) is 21.8. The number of hydrogen-bond acceptors (Lipinski definition) is 4. The molecule has 2 saturated heterocycles. The van der Waals surface area contributed by atoms with Crippen molar-refractivity contribution in [2.45, 2.75) is 18.9 Å². The number of carbonyl (C=O) groups excluding carboxylic acids is 1. The molecule has 1 aromatic carbocycles. The Bertz CT molecular complexity index is 695. The summed E-state index contributed by atoms with van der Waals surface area (Å²) in [6, 6.07) is 8.06. The smallest absolute Gasteiger partial charge is 0.239 e. The Balaban J connectivity index is 1.35. The fourth-order valence-electron chi connectivity index (χ4n) is 3.63. The predicted molar refractivity (Wildman–Crippen MR) is 93.9 cm³/mol. The molecule has 2 aliphatic rings. The summed E-state index contributed by atoms with van der Waals surface area (Å²) in [4.78, 5) is 27.3. The molecule has 1 amide bonds. The summed E-state index contributed by atoms with van der Waals surface area (Å²) in [7, 11) is 2.14. The van der Waals surface area contributed by atoms with Gasteiger partial charge in [0.25, 0.3) is 0 Å². The van der Waals surface area contributed by atoms with Crippen LogP contribution in [0.3, 0.4) is 0 Å². The molecule has 24 heavy (non-hydrogen) atoms. The minimum Gasteiger partial charge on any atom is -0.342 e. The van der Waals surface area contributed by atoms with Gasteiger partial charge in [-0.3, -0.25) is 9.69 Å². The maximum absolute atomic E-state index is 12.7. The van der Waals surface area contributed by atoms with Crippen LogP contribution in [0.5, 0.6) is 0 Å². The van der Waals surface area contributed by atoms with Gasteiger partial charge in [-0.15, -0.1) is 0 Å². The van der Waals surface area contributed by atoms with Gasteiger partial charge in [0.05, 0.1) is 23.0 Å². The van der Waals surface area contributed by atoms with Gasteiger partial charge >= 0.3 is 0 Å². The second-order valence-electron chi connectivity index (χ2n) is 7.09. The number of aromatic nitrogens is 2. The van der Waals surface area contributed by atoms with E-state index in [1.807, 2.05) is 36.1 Å². The van der Waals surface area contributed by atoms with Gasteiger partial charge in [0, 0.05) is 39.3 Å². The lowest BCUT2D eigenvalue weighted by molar-refractivity contribution is -0.141. The van der Waals surface area contributed by atoms with E-state index < -0.39 is 0 Å². The second-order valence-corrected chi connectivity index (χ2v) is 7.09. The van der Waals surface area contributed by atoms with E-state index in [0.29, 0.717) is 5.92 Å².